The molecule has 0 bridgehead atoms. The van der Waals surface area contributed by atoms with E-state index in [0.29, 0.717) is 0 Å². The predicted octanol–water partition coefficient (Wildman–Crippen LogP) is 3.44. The summed E-state index contributed by atoms with van der Waals surface area (Å²) >= 11 is 8.10. The van der Waals surface area contributed by atoms with Gasteiger partial charge in [0.05, 0.1) is 4.21 Å². The zero-order chi connectivity index (χ0) is 6.69. The van der Waals surface area contributed by atoms with Crippen LogP contribution < -0.4 is 0 Å². The van der Waals surface area contributed by atoms with E-state index in [1.807, 2.05) is 15.5 Å². The molecule has 0 saturated carbocycles. The molecule has 1 aromatic heterocycles. The van der Waals surface area contributed by atoms with E-state index in [4.69, 9.17) is 0 Å². The summed E-state index contributed by atoms with van der Waals surface area (Å²) in [4.78, 5) is 0. The van der Waals surface area contributed by atoms with Gasteiger partial charge in [-0.3, -0.25) is 0 Å². The van der Waals surface area contributed by atoms with Crippen LogP contribution >= 0.6 is 46.6 Å². The lowest BCUT2D eigenvalue weighted by molar-refractivity contribution is 1.68. The van der Waals surface area contributed by atoms with Crippen LogP contribution in [-0.4, -0.2) is 0 Å². The molecule has 48 valence electrons. The molecule has 0 atom stereocenters. The monoisotopic (exact) mass is 268 g/mol. The van der Waals surface area contributed by atoms with Crippen LogP contribution in [0.4, 0.5) is 0 Å². The Morgan fingerprint density at radius 1 is 1.67 bits per heavy atom. The Bertz CT molecular complexity index is 215. The fraction of sp³-hybridized carbons (Fsp3) is 0. The maximum atomic E-state index is 4.25. The SMILES string of the molecule is Sc1sccc1/C=C\I. The van der Waals surface area contributed by atoms with Crippen molar-refractivity contribution in [1.82, 2.24) is 0 Å². The predicted molar refractivity (Wildman–Crippen MR) is 54.6 cm³/mol. The summed E-state index contributed by atoms with van der Waals surface area (Å²) in [6, 6.07) is 2.06. The Morgan fingerprint density at radius 3 is 2.89 bits per heavy atom. The van der Waals surface area contributed by atoms with Crippen molar-refractivity contribution in [2.75, 3.05) is 0 Å². The Balaban J connectivity index is 2.94. The molecule has 0 unspecified atom stereocenters. The quantitative estimate of drug-likeness (QED) is 0.585. The summed E-state index contributed by atoms with van der Waals surface area (Å²) in [7, 11) is 0. The first kappa shape index (κ1) is 7.63. The summed E-state index contributed by atoms with van der Waals surface area (Å²) in [5, 5.41) is 2.04. The molecule has 0 N–H and O–H groups in total. The number of halogens is 1. The smallest absolute Gasteiger partial charge is 0.0640 e. The zero-order valence-corrected chi connectivity index (χ0v) is 8.41. The summed E-state index contributed by atoms with van der Waals surface area (Å²) in [5.41, 5.74) is 1.21. The van der Waals surface area contributed by atoms with Gasteiger partial charge in [-0.1, -0.05) is 22.6 Å². The van der Waals surface area contributed by atoms with Gasteiger partial charge < -0.3 is 0 Å². The number of rotatable bonds is 1. The molecule has 0 aliphatic carbocycles. The van der Waals surface area contributed by atoms with Crippen LogP contribution in [0.1, 0.15) is 5.56 Å². The minimum atomic E-state index is 1.09. The number of hydrogen-bond acceptors (Lipinski definition) is 2. The Kier molecular flexibility index (Phi) is 3.08. The van der Waals surface area contributed by atoms with E-state index in [1.165, 1.54) is 5.56 Å². The zero-order valence-electron chi connectivity index (χ0n) is 4.54. The molecule has 0 nitrogen and oxygen atoms in total. The molecule has 0 radical (unpaired) electrons. The van der Waals surface area contributed by atoms with Gasteiger partial charge in [-0.05, 0) is 27.2 Å². The van der Waals surface area contributed by atoms with Gasteiger partial charge in [0.15, 0.2) is 0 Å². The maximum absolute atomic E-state index is 4.25. The summed E-state index contributed by atoms with van der Waals surface area (Å²) < 4.78 is 3.07. The Hall–Kier alpha value is 0.520. The van der Waals surface area contributed by atoms with Crippen LogP contribution in [0.5, 0.6) is 0 Å². The van der Waals surface area contributed by atoms with Gasteiger partial charge in [-0.25, -0.2) is 0 Å². The molecule has 0 aliphatic rings. The van der Waals surface area contributed by atoms with Gasteiger partial charge in [-0.15, -0.1) is 24.0 Å². The third kappa shape index (κ3) is 1.98. The van der Waals surface area contributed by atoms with Gasteiger partial charge in [0.1, 0.15) is 0 Å². The van der Waals surface area contributed by atoms with E-state index < -0.39 is 0 Å². The van der Waals surface area contributed by atoms with Gasteiger partial charge in [0.25, 0.3) is 0 Å². The van der Waals surface area contributed by atoms with E-state index in [0.717, 1.165) is 4.21 Å². The Labute approximate surface area is 77.5 Å². The highest BCUT2D eigenvalue weighted by molar-refractivity contribution is 14.1. The fourth-order valence-electron chi connectivity index (χ4n) is 0.506. The molecule has 0 amide bonds. The van der Waals surface area contributed by atoms with E-state index >= 15 is 0 Å². The first-order chi connectivity index (χ1) is 4.34. The lowest BCUT2D eigenvalue weighted by Gasteiger charge is -1.83. The molecule has 0 saturated heterocycles. The van der Waals surface area contributed by atoms with Crippen LogP contribution in [0.25, 0.3) is 6.08 Å². The molecule has 1 heterocycles. The largest absolute Gasteiger partial charge is 0.137 e. The third-order valence-corrected chi connectivity index (χ3v) is 2.58. The molecular formula is C6H5IS2. The van der Waals surface area contributed by atoms with Gasteiger partial charge in [0.2, 0.25) is 0 Å². The first-order valence-corrected chi connectivity index (χ1v) is 4.95. The van der Waals surface area contributed by atoms with Crippen molar-refractivity contribution in [2.45, 2.75) is 4.21 Å². The van der Waals surface area contributed by atoms with Crippen molar-refractivity contribution >= 4 is 52.6 Å². The summed E-state index contributed by atoms with van der Waals surface area (Å²) in [6.45, 7) is 0. The van der Waals surface area contributed by atoms with Gasteiger partial charge in [-0.2, -0.15) is 0 Å². The van der Waals surface area contributed by atoms with Crippen molar-refractivity contribution in [3.05, 3.63) is 21.1 Å². The van der Waals surface area contributed by atoms with E-state index in [9.17, 15) is 0 Å². The number of thiol groups is 1. The second-order valence-corrected chi connectivity index (χ2v) is 3.86. The van der Waals surface area contributed by atoms with Crippen LogP contribution in [0.2, 0.25) is 0 Å². The lowest BCUT2D eigenvalue weighted by Crippen LogP contribution is -1.59. The summed E-state index contributed by atoms with van der Waals surface area (Å²) in [6.07, 6.45) is 2.04. The molecule has 0 aliphatic heterocycles. The van der Waals surface area contributed by atoms with Gasteiger partial charge in [0, 0.05) is 0 Å². The van der Waals surface area contributed by atoms with Crippen LogP contribution in [0, 0.1) is 0 Å². The average Bonchev–Trinajstić information content (AvgIpc) is 2.18. The Morgan fingerprint density at radius 2 is 2.44 bits per heavy atom. The third-order valence-electron chi connectivity index (χ3n) is 0.917. The highest BCUT2D eigenvalue weighted by Crippen LogP contribution is 2.21. The minimum absolute atomic E-state index is 1.09. The second kappa shape index (κ2) is 3.63. The molecule has 1 rings (SSSR count). The highest BCUT2D eigenvalue weighted by atomic mass is 127. The van der Waals surface area contributed by atoms with Crippen LogP contribution in [0.3, 0.4) is 0 Å². The number of thiophene rings is 1. The lowest BCUT2D eigenvalue weighted by atomic mass is 10.3. The van der Waals surface area contributed by atoms with Crippen molar-refractivity contribution < 1.29 is 0 Å². The molecule has 3 heteroatoms. The fourth-order valence-corrected chi connectivity index (χ4v) is 1.84. The minimum Gasteiger partial charge on any atom is -0.137 e. The highest BCUT2D eigenvalue weighted by Gasteiger charge is 1.92. The van der Waals surface area contributed by atoms with Gasteiger partial charge >= 0.3 is 0 Å². The number of hydrogen-bond donors (Lipinski definition) is 1. The second-order valence-electron chi connectivity index (χ2n) is 1.47. The van der Waals surface area contributed by atoms with E-state index in [1.54, 1.807) is 11.3 Å². The molecule has 9 heavy (non-hydrogen) atoms. The molecular weight excluding hydrogens is 263 g/mol. The summed E-state index contributed by atoms with van der Waals surface area (Å²) in [5.74, 6) is 0. The van der Waals surface area contributed by atoms with Crippen molar-refractivity contribution in [1.29, 1.82) is 0 Å². The molecule has 0 aromatic carbocycles. The first-order valence-electron chi connectivity index (χ1n) is 2.38. The standard InChI is InChI=1S/C6H5IS2/c7-3-1-5-2-4-9-6(5)8/h1-4,8H/b3-1-. The topological polar surface area (TPSA) is 0 Å². The maximum Gasteiger partial charge on any atom is 0.0640 e. The molecule has 0 fully saturated rings. The molecule has 0 spiro atoms. The van der Waals surface area contributed by atoms with Crippen LogP contribution in [-0.2, 0) is 0 Å². The van der Waals surface area contributed by atoms with E-state index in [-0.39, 0.29) is 0 Å². The van der Waals surface area contributed by atoms with Crippen molar-refractivity contribution in [3.8, 4) is 0 Å². The molecule has 1 aromatic rings. The average molecular weight is 268 g/mol. The normalized spacial score (nSPS) is 10.9. The van der Waals surface area contributed by atoms with Crippen molar-refractivity contribution in [3.63, 3.8) is 0 Å². The van der Waals surface area contributed by atoms with Crippen molar-refractivity contribution in [2.24, 2.45) is 0 Å². The van der Waals surface area contributed by atoms with E-state index in [2.05, 4.69) is 41.3 Å². The van der Waals surface area contributed by atoms with Crippen LogP contribution in [0.15, 0.2) is 19.7 Å².